The monoisotopic (exact) mass is 247 g/mol. The fraction of sp³-hybridized carbons (Fsp3) is 0.571. The van der Waals surface area contributed by atoms with Gasteiger partial charge in [-0.1, -0.05) is 37.1 Å². The first-order valence-corrected chi connectivity index (χ1v) is 6.78. The van der Waals surface area contributed by atoms with E-state index in [2.05, 4.69) is 11.9 Å². The molecule has 1 aliphatic carbocycles. The van der Waals surface area contributed by atoms with Crippen molar-refractivity contribution in [3.8, 4) is 0 Å². The standard InChI is InChI=1S/C14H22BNO2/c1-16(10-12-4-2-3-5-12)11-13-6-8-14(9-7-13)15(17)18/h6-9,12,17-18H,2-5,10-11H2,1H3. The van der Waals surface area contributed by atoms with Gasteiger partial charge in [-0.15, -0.1) is 0 Å². The molecule has 0 bridgehead atoms. The first-order chi connectivity index (χ1) is 8.65. The van der Waals surface area contributed by atoms with E-state index in [0.717, 1.165) is 12.5 Å². The Balaban J connectivity index is 1.84. The molecule has 1 aromatic carbocycles. The van der Waals surface area contributed by atoms with Crippen molar-refractivity contribution in [1.82, 2.24) is 4.90 Å². The largest absolute Gasteiger partial charge is 0.488 e. The third kappa shape index (κ3) is 3.84. The van der Waals surface area contributed by atoms with Gasteiger partial charge in [-0.2, -0.15) is 0 Å². The molecular weight excluding hydrogens is 225 g/mol. The van der Waals surface area contributed by atoms with E-state index in [0.29, 0.717) is 5.46 Å². The van der Waals surface area contributed by atoms with E-state index < -0.39 is 7.12 Å². The van der Waals surface area contributed by atoms with Crippen LogP contribution in [-0.4, -0.2) is 35.7 Å². The van der Waals surface area contributed by atoms with E-state index in [1.807, 2.05) is 12.1 Å². The second-order valence-corrected chi connectivity index (χ2v) is 5.46. The molecule has 0 unspecified atom stereocenters. The summed E-state index contributed by atoms with van der Waals surface area (Å²) >= 11 is 0. The molecular formula is C14H22BNO2. The van der Waals surface area contributed by atoms with Crippen molar-refractivity contribution in [3.63, 3.8) is 0 Å². The second-order valence-electron chi connectivity index (χ2n) is 5.46. The third-order valence-electron chi connectivity index (χ3n) is 3.77. The van der Waals surface area contributed by atoms with Crippen LogP contribution in [0, 0.1) is 5.92 Å². The van der Waals surface area contributed by atoms with Gasteiger partial charge in [0.1, 0.15) is 0 Å². The van der Waals surface area contributed by atoms with E-state index in [1.165, 1.54) is 37.8 Å². The minimum Gasteiger partial charge on any atom is -0.423 e. The normalized spacial score (nSPS) is 16.4. The summed E-state index contributed by atoms with van der Waals surface area (Å²) in [7, 11) is 0.794. The van der Waals surface area contributed by atoms with Crippen LogP contribution in [0.25, 0.3) is 0 Å². The zero-order chi connectivity index (χ0) is 13.0. The summed E-state index contributed by atoms with van der Waals surface area (Å²) < 4.78 is 0. The molecule has 0 aromatic heterocycles. The van der Waals surface area contributed by atoms with Crippen LogP contribution in [0.2, 0.25) is 0 Å². The maximum Gasteiger partial charge on any atom is 0.488 e. The molecule has 0 aliphatic heterocycles. The molecule has 1 aliphatic rings. The Morgan fingerprint density at radius 1 is 1.17 bits per heavy atom. The predicted octanol–water partition coefficient (Wildman–Crippen LogP) is 0.988. The average molecular weight is 247 g/mol. The zero-order valence-corrected chi connectivity index (χ0v) is 11.0. The minimum absolute atomic E-state index is 0.553. The number of hydrogen-bond donors (Lipinski definition) is 2. The Morgan fingerprint density at radius 3 is 2.33 bits per heavy atom. The minimum atomic E-state index is -1.37. The van der Waals surface area contributed by atoms with Gasteiger partial charge in [0.15, 0.2) is 0 Å². The van der Waals surface area contributed by atoms with Gasteiger partial charge < -0.3 is 14.9 Å². The molecule has 4 heteroatoms. The van der Waals surface area contributed by atoms with Gasteiger partial charge >= 0.3 is 7.12 Å². The van der Waals surface area contributed by atoms with Crippen molar-refractivity contribution < 1.29 is 10.0 Å². The van der Waals surface area contributed by atoms with Gasteiger partial charge in [-0.25, -0.2) is 0 Å². The SMILES string of the molecule is CN(Cc1ccc(B(O)O)cc1)CC1CCCC1. The van der Waals surface area contributed by atoms with Crippen molar-refractivity contribution in [2.24, 2.45) is 5.92 Å². The van der Waals surface area contributed by atoms with Gasteiger partial charge in [-0.05, 0) is 36.8 Å². The smallest absolute Gasteiger partial charge is 0.423 e. The van der Waals surface area contributed by atoms with Crippen LogP contribution in [0.4, 0.5) is 0 Å². The molecule has 0 spiro atoms. The fourth-order valence-electron chi connectivity index (χ4n) is 2.81. The quantitative estimate of drug-likeness (QED) is 0.762. The van der Waals surface area contributed by atoms with Crippen molar-refractivity contribution in [1.29, 1.82) is 0 Å². The Bertz CT molecular complexity index is 361. The van der Waals surface area contributed by atoms with E-state index in [-0.39, 0.29) is 0 Å². The molecule has 2 N–H and O–H groups in total. The van der Waals surface area contributed by atoms with Crippen LogP contribution in [0.5, 0.6) is 0 Å². The molecule has 0 atom stereocenters. The molecule has 0 radical (unpaired) electrons. The Kier molecular flexibility index (Phi) is 4.81. The molecule has 18 heavy (non-hydrogen) atoms. The Labute approximate surface area is 110 Å². The highest BCUT2D eigenvalue weighted by Gasteiger charge is 2.17. The maximum absolute atomic E-state index is 9.03. The van der Waals surface area contributed by atoms with Crippen molar-refractivity contribution in [2.45, 2.75) is 32.2 Å². The van der Waals surface area contributed by atoms with Gasteiger partial charge in [0, 0.05) is 13.1 Å². The van der Waals surface area contributed by atoms with Crippen molar-refractivity contribution in [3.05, 3.63) is 29.8 Å². The first kappa shape index (κ1) is 13.6. The highest BCUT2D eigenvalue weighted by Crippen LogP contribution is 2.25. The Morgan fingerprint density at radius 2 is 1.78 bits per heavy atom. The van der Waals surface area contributed by atoms with Crippen LogP contribution < -0.4 is 5.46 Å². The van der Waals surface area contributed by atoms with Crippen LogP contribution in [-0.2, 0) is 6.54 Å². The predicted molar refractivity (Wildman–Crippen MR) is 74.6 cm³/mol. The highest BCUT2D eigenvalue weighted by molar-refractivity contribution is 6.58. The summed E-state index contributed by atoms with van der Waals surface area (Å²) in [4.78, 5) is 2.36. The number of benzene rings is 1. The van der Waals surface area contributed by atoms with Crippen LogP contribution in [0.3, 0.4) is 0 Å². The summed E-state index contributed by atoms with van der Waals surface area (Å²) in [6, 6.07) is 7.51. The molecule has 1 fully saturated rings. The summed E-state index contributed by atoms with van der Waals surface area (Å²) in [5, 5.41) is 18.1. The molecule has 1 aromatic rings. The maximum atomic E-state index is 9.03. The number of hydrogen-bond acceptors (Lipinski definition) is 3. The lowest BCUT2D eigenvalue weighted by Gasteiger charge is -2.20. The van der Waals surface area contributed by atoms with Gasteiger partial charge in [0.2, 0.25) is 0 Å². The summed E-state index contributed by atoms with van der Waals surface area (Å²) in [6.45, 7) is 2.10. The fourth-order valence-corrected chi connectivity index (χ4v) is 2.81. The van der Waals surface area contributed by atoms with Crippen LogP contribution in [0.1, 0.15) is 31.2 Å². The molecule has 1 saturated carbocycles. The molecule has 0 heterocycles. The molecule has 98 valence electrons. The van der Waals surface area contributed by atoms with E-state index in [9.17, 15) is 0 Å². The number of nitrogens with zero attached hydrogens (tertiary/aromatic N) is 1. The zero-order valence-electron chi connectivity index (χ0n) is 11.0. The lowest BCUT2D eigenvalue weighted by atomic mass is 9.80. The Hall–Kier alpha value is -0.835. The molecule has 3 nitrogen and oxygen atoms in total. The topological polar surface area (TPSA) is 43.7 Å². The lowest BCUT2D eigenvalue weighted by Crippen LogP contribution is -2.30. The van der Waals surface area contributed by atoms with E-state index in [4.69, 9.17) is 10.0 Å². The second kappa shape index (κ2) is 6.37. The highest BCUT2D eigenvalue weighted by atomic mass is 16.4. The summed E-state index contributed by atoms with van der Waals surface area (Å²) in [5.41, 5.74) is 1.78. The van der Waals surface area contributed by atoms with Gasteiger partial charge in [0.05, 0.1) is 0 Å². The van der Waals surface area contributed by atoms with Crippen LogP contribution >= 0.6 is 0 Å². The first-order valence-electron chi connectivity index (χ1n) is 6.78. The third-order valence-corrected chi connectivity index (χ3v) is 3.77. The average Bonchev–Trinajstić information content (AvgIpc) is 2.82. The summed E-state index contributed by atoms with van der Waals surface area (Å²) in [6.07, 6.45) is 5.53. The van der Waals surface area contributed by atoms with Gasteiger partial charge in [0.25, 0.3) is 0 Å². The molecule has 0 saturated heterocycles. The van der Waals surface area contributed by atoms with E-state index in [1.54, 1.807) is 12.1 Å². The van der Waals surface area contributed by atoms with Crippen molar-refractivity contribution in [2.75, 3.05) is 13.6 Å². The van der Waals surface area contributed by atoms with Crippen molar-refractivity contribution >= 4 is 12.6 Å². The van der Waals surface area contributed by atoms with E-state index >= 15 is 0 Å². The molecule has 2 rings (SSSR count). The number of rotatable bonds is 5. The molecule has 0 amide bonds. The van der Waals surface area contributed by atoms with Gasteiger partial charge in [-0.3, -0.25) is 0 Å². The van der Waals surface area contributed by atoms with Crippen LogP contribution in [0.15, 0.2) is 24.3 Å². The summed E-state index contributed by atoms with van der Waals surface area (Å²) in [5.74, 6) is 0.869. The lowest BCUT2D eigenvalue weighted by molar-refractivity contribution is 0.271.